The van der Waals surface area contributed by atoms with Gasteiger partial charge in [0.05, 0.1) is 18.4 Å². The molecule has 3 N–H and O–H groups in total. The van der Waals surface area contributed by atoms with E-state index in [-0.39, 0.29) is 6.42 Å². The van der Waals surface area contributed by atoms with Crippen LogP contribution in [-0.2, 0) is 6.42 Å². The molecule has 72 valence electrons. The van der Waals surface area contributed by atoms with Crippen LogP contribution in [0.3, 0.4) is 0 Å². The van der Waals surface area contributed by atoms with Gasteiger partial charge >= 0.3 is 0 Å². The van der Waals surface area contributed by atoms with Crippen molar-refractivity contribution in [1.29, 1.82) is 0 Å². The Morgan fingerprint density at radius 2 is 2.00 bits per heavy atom. The third kappa shape index (κ3) is 3.06. The van der Waals surface area contributed by atoms with Crippen molar-refractivity contribution < 1.29 is 15.3 Å². The minimum Gasteiger partial charge on any atom is -0.394 e. The van der Waals surface area contributed by atoms with Crippen molar-refractivity contribution in [3.05, 3.63) is 24.3 Å². The molecule has 5 heteroatoms. The molecule has 0 saturated carbocycles. The number of aliphatic hydroxyl groups excluding tert-OH is 3. The predicted molar refractivity (Wildman–Crippen MR) is 44.8 cm³/mol. The van der Waals surface area contributed by atoms with Crippen LogP contribution in [0.25, 0.3) is 0 Å². The molecule has 0 unspecified atom stereocenters. The summed E-state index contributed by atoms with van der Waals surface area (Å²) < 4.78 is 0. The Morgan fingerprint density at radius 3 is 2.54 bits per heavy atom. The second-order valence-corrected chi connectivity index (χ2v) is 2.72. The summed E-state index contributed by atoms with van der Waals surface area (Å²) in [6.07, 6.45) is 2.61. The number of rotatable bonds is 4. The molecule has 0 bridgehead atoms. The average Bonchev–Trinajstić information content (AvgIpc) is 2.18. The Kier molecular flexibility index (Phi) is 3.75. The molecule has 1 rings (SSSR count). The predicted octanol–water partition coefficient (Wildman–Crippen LogP) is -1.27. The van der Waals surface area contributed by atoms with Gasteiger partial charge in [-0.1, -0.05) is 0 Å². The van der Waals surface area contributed by atoms with Crippen LogP contribution in [0.5, 0.6) is 0 Å². The Hall–Kier alpha value is -1.04. The van der Waals surface area contributed by atoms with Crippen LogP contribution in [0.1, 0.15) is 5.69 Å². The van der Waals surface area contributed by atoms with Gasteiger partial charge in [0.15, 0.2) is 0 Å². The number of aliphatic hydroxyl groups is 3. The van der Waals surface area contributed by atoms with Crippen LogP contribution in [0.15, 0.2) is 18.6 Å². The van der Waals surface area contributed by atoms with Gasteiger partial charge in [-0.25, -0.2) is 0 Å². The highest BCUT2D eigenvalue weighted by Crippen LogP contribution is 2.01. The van der Waals surface area contributed by atoms with E-state index in [0.717, 1.165) is 0 Å². The standard InChI is InChI=1S/C8H12N2O3/c11-5-8(13)7(12)3-6-4-9-1-2-10-6/h1-2,4,7-8,11-13H,3,5H2/t7-,8+/m0/s1. The lowest BCUT2D eigenvalue weighted by atomic mass is 10.1. The van der Waals surface area contributed by atoms with Crippen LogP contribution in [0, 0.1) is 0 Å². The van der Waals surface area contributed by atoms with Crippen molar-refractivity contribution in [3.63, 3.8) is 0 Å². The van der Waals surface area contributed by atoms with E-state index in [0.29, 0.717) is 5.69 Å². The van der Waals surface area contributed by atoms with E-state index in [1.807, 2.05) is 0 Å². The maximum Gasteiger partial charge on any atom is 0.103 e. The Labute approximate surface area is 75.7 Å². The van der Waals surface area contributed by atoms with Gasteiger partial charge in [-0.3, -0.25) is 9.97 Å². The summed E-state index contributed by atoms with van der Waals surface area (Å²) in [4.78, 5) is 7.73. The van der Waals surface area contributed by atoms with Crippen molar-refractivity contribution in [2.45, 2.75) is 18.6 Å². The summed E-state index contributed by atoms with van der Waals surface area (Å²) >= 11 is 0. The molecule has 0 aromatic carbocycles. The molecule has 0 aliphatic heterocycles. The van der Waals surface area contributed by atoms with Crippen LogP contribution >= 0.6 is 0 Å². The number of hydrogen-bond donors (Lipinski definition) is 3. The van der Waals surface area contributed by atoms with Crippen LogP contribution in [-0.4, -0.2) is 44.1 Å². The van der Waals surface area contributed by atoms with Gasteiger partial charge in [-0.2, -0.15) is 0 Å². The molecule has 0 radical (unpaired) electrons. The van der Waals surface area contributed by atoms with Crippen molar-refractivity contribution >= 4 is 0 Å². The quantitative estimate of drug-likeness (QED) is 0.543. The lowest BCUT2D eigenvalue weighted by molar-refractivity contribution is -0.0137. The van der Waals surface area contributed by atoms with E-state index < -0.39 is 18.8 Å². The van der Waals surface area contributed by atoms with Crippen LogP contribution in [0.4, 0.5) is 0 Å². The van der Waals surface area contributed by atoms with Crippen molar-refractivity contribution in [1.82, 2.24) is 9.97 Å². The largest absolute Gasteiger partial charge is 0.394 e. The Balaban J connectivity index is 2.50. The summed E-state index contributed by atoms with van der Waals surface area (Å²) in [5.41, 5.74) is 0.586. The number of aromatic nitrogens is 2. The third-order valence-corrected chi connectivity index (χ3v) is 1.67. The van der Waals surface area contributed by atoms with Crippen molar-refractivity contribution in [3.8, 4) is 0 Å². The molecule has 1 aromatic rings. The molecule has 2 atom stereocenters. The summed E-state index contributed by atoms with van der Waals surface area (Å²) in [6, 6.07) is 0. The highest BCUT2D eigenvalue weighted by molar-refractivity contribution is 4.97. The summed E-state index contributed by atoms with van der Waals surface area (Å²) in [7, 11) is 0. The zero-order valence-electron chi connectivity index (χ0n) is 7.04. The second-order valence-electron chi connectivity index (χ2n) is 2.72. The lowest BCUT2D eigenvalue weighted by Gasteiger charge is -2.14. The number of hydrogen-bond acceptors (Lipinski definition) is 5. The molecular formula is C8H12N2O3. The fourth-order valence-electron chi connectivity index (χ4n) is 0.907. The molecule has 0 amide bonds. The third-order valence-electron chi connectivity index (χ3n) is 1.67. The number of nitrogens with zero attached hydrogens (tertiary/aromatic N) is 2. The zero-order chi connectivity index (χ0) is 9.68. The van der Waals surface area contributed by atoms with Gasteiger partial charge in [0, 0.05) is 25.0 Å². The van der Waals surface area contributed by atoms with E-state index in [1.54, 1.807) is 0 Å². The topological polar surface area (TPSA) is 86.5 Å². The molecular weight excluding hydrogens is 172 g/mol. The van der Waals surface area contributed by atoms with Crippen LogP contribution < -0.4 is 0 Å². The smallest absolute Gasteiger partial charge is 0.103 e. The van der Waals surface area contributed by atoms with E-state index in [4.69, 9.17) is 10.2 Å². The fourth-order valence-corrected chi connectivity index (χ4v) is 0.907. The molecule has 0 spiro atoms. The Bertz CT molecular complexity index is 242. The first kappa shape index (κ1) is 10.0. The first-order chi connectivity index (χ1) is 6.24. The molecule has 5 nitrogen and oxygen atoms in total. The normalized spacial score (nSPS) is 15.3. The highest BCUT2D eigenvalue weighted by Gasteiger charge is 2.15. The van der Waals surface area contributed by atoms with Gasteiger partial charge in [0.2, 0.25) is 0 Å². The van der Waals surface area contributed by atoms with Crippen LogP contribution in [0.2, 0.25) is 0 Å². The van der Waals surface area contributed by atoms with Gasteiger partial charge in [0.1, 0.15) is 6.10 Å². The van der Waals surface area contributed by atoms with Crippen molar-refractivity contribution in [2.24, 2.45) is 0 Å². The monoisotopic (exact) mass is 184 g/mol. The summed E-state index contributed by atoms with van der Waals surface area (Å²) in [5.74, 6) is 0. The van der Waals surface area contributed by atoms with Gasteiger partial charge in [0.25, 0.3) is 0 Å². The fraction of sp³-hybridized carbons (Fsp3) is 0.500. The van der Waals surface area contributed by atoms with Gasteiger partial charge < -0.3 is 15.3 Å². The van der Waals surface area contributed by atoms with E-state index in [1.165, 1.54) is 18.6 Å². The first-order valence-electron chi connectivity index (χ1n) is 3.96. The lowest BCUT2D eigenvalue weighted by Crippen LogP contribution is -2.31. The molecule has 0 aliphatic rings. The molecule has 0 saturated heterocycles. The maximum absolute atomic E-state index is 9.29. The molecule has 0 fully saturated rings. The van der Waals surface area contributed by atoms with Gasteiger partial charge in [-0.15, -0.1) is 0 Å². The minimum atomic E-state index is -1.12. The maximum atomic E-state index is 9.29. The zero-order valence-corrected chi connectivity index (χ0v) is 7.04. The molecule has 1 aromatic heterocycles. The molecule has 13 heavy (non-hydrogen) atoms. The molecule has 0 aliphatic carbocycles. The minimum absolute atomic E-state index is 0.190. The Morgan fingerprint density at radius 1 is 1.23 bits per heavy atom. The second kappa shape index (κ2) is 4.86. The SMILES string of the molecule is OC[C@@H](O)[C@@H](O)Cc1cnccn1. The first-order valence-corrected chi connectivity index (χ1v) is 3.96. The summed E-state index contributed by atoms with van der Waals surface area (Å²) in [6.45, 7) is -0.457. The average molecular weight is 184 g/mol. The highest BCUT2D eigenvalue weighted by atomic mass is 16.4. The van der Waals surface area contributed by atoms with Crippen molar-refractivity contribution in [2.75, 3.05) is 6.61 Å². The molecule has 1 heterocycles. The summed E-state index contributed by atoms with van der Waals surface area (Å²) in [5, 5.41) is 26.9. The van der Waals surface area contributed by atoms with Gasteiger partial charge in [-0.05, 0) is 0 Å². The van der Waals surface area contributed by atoms with E-state index >= 15 is 0 Å². The van der Waals surface area contributed by atoms with E-state index in [9.17, 15) is 5.11 Å². The van der Waals surface area contributed by atoms with E-state index in [2.05, 4.69) is 9.97 Å².